The van der Waals surface area contributed by atoms with Gasteiger partial charge in [0.2, 0.25) is 11.7 Å². The Hall–Kier alpha value is -2.64. The van der Waals surface area contributed by atoms with Crippen LogP contribution in [-0.2, 0) is 0 Å². The van der Waals surface area contributed by atoms with Gasteiger partial charge in [-0.1, -0.05) is 0 Å². The van der Waals surface area contributed by atoms with Crippen molar-refractivity contribution in [3.8, 4) is 17.2 Å². The van der Waals surface area contributed by atoms with Crippen molar-refractivity contribution in [2.24, 2.45) is 5.73 Å². The molecule has 1 aromatic rings. The van der Waals surface area contributed by atoms with E-state index in [-0.39, 0.29) is 0 Å². The molecule has 122 valence electrons. The number of methoxy groups -OCH3 is 3. The minimum atomic E-state index is -0.534. The number of amides is 2. The third-order valence-corrected chi connectivity index (χ3v) is 3.30. The maximum absolute atomic E-state index is 12.1. The normalized spacial score (nSPS) is 9.91. The zero-order valence-corrected chi connectivity index (χ0v) is 13.7. The van der Waals surface area contributed by atoms with Crippen LogP contribution in [0, 0.1) is 19.3 Å². The number of hydrogen-bond donors (Lipinski definition) is 3. The number of nitrogens with one attached hydrogen (secondary N) is 2. The second-order valence-corrected chi connectivity index (χ2v) is 4.47. The zero-order chi connectivity index (χ0) is 17.0. The number of nitrogens with zero attached hydrogens (tertiary/aromatic N) is 1. The van der Waals surface area contributed by atoms with Gasteiger partial charge in [-0.15, -0.1) is 0 Å². The number of benzene rings is 1. The number of rotatable bonds is 4. The number of nitrogens with two attached hydrogens (primary N) is 1. The number of hydrogen-bond acceptors (Lipinski definition) is 5. The Labute approximate surface area is 129 Å². The molecule has 0 spiro atoms. The molecule has 0 saturated carbocycles. The fraction of sp³-hybridized carbons (Fsp3) is 0.429. The van der Waals surface area contributed by atoms with Gasteiger partial charge < -0.3 is 25.3 Å². The Kier molecular flexibility index (Phi) is 5.44. The van der Waals surface area contributed by atoms with Crippen molar-refractivity contribution >= 4 is 17.7 Å². The molecule has 0 radical (unpaired) electrons. The summed E-state index contributed by atoms with van der Waals surface area (Å²) in [7, 11) is 5.93. The maximum Gasteiger partial charge on any atom is 0.328 e. The monoisotopic (exact) mass is 310 g/mol. The number of urea groups is 1. The Morgan fingerprint density at radius 2 is 1.45 bits per heavy atom. The minimum absolute atomic E-state index is 0.412. The Morgan fingerprint density at radius 1 is 1.05 bits per heavy atom. The second-order valence-electron chi connectivity index (χ2n) is 4.47. The summed E-state index contributed by atoms with van der Waals surface area (Å²) in [4.78, 5) is 13.1. The third-order valence-electron chi connectivity index (χ3n) is 3.30. The number of ether oxygens (including phenoxy) is 3. The van der Waals surface area contributed by atoms with E-state index in [9.17, 15) is 4.79 Å². The molecule has 0 bridgehead atoms. The summed E-state index contributed by atoms with van der Waals surface area (Å²) in [5.74, 6) is 0.828. The molecule has 22 heavy (non-hydrogen) atoms. The lowest BCUT2D eigenvalue weighted by molar-refractivity contribution is 0.250. The van der Waals surface area contributed by atoms with Gasteiger partial charge in [-0.3, -0.25) is 5.41 Å². The zero-order valence-electron chi connectivity index (χ0n) is 13.7. The molecule has 0 aromatic heterocycles. The summed E-state index contributed by atoms with van der Waals surface area (Å²) < 4.78 is 16.1. The van der Waals surface area contributed by atoms with Crippen LogP contribution in [0.1, 0.15) is 11.1 Å². The lowest BCUT2D eigenvalue weighted by atomic mass is 10.0. The van der Waals surface area contributed by atoms with Crippen molar-refractivity contribution in [3.63, 3.8) is 0 Å². The van der Waals surface area contributed by atoms with Crippen molar-refractivity contribution in [3.05, 3.63) is 11.1 Å². The highest BCUT2D eigenvalue weighted by molar-refractivity contribution is 6.15. The first kappa shape index (κ1) is 17.4. The fourth-order valence-corrected chi connectivity index (χ4v) is 2.40. The largest absolute Gasteiger partial charge is 0.492 e. The molecular formula is C14H22N4O4. The summed E-state index contributed by atoms with van der Waals surface area (Å²) in [6, 6.07) is -0.534. The molecule has 8 heteroatoms. The molecule has 0 unspecified atom stereocenters. The number of carbonyl (C=O) groups is 1. The van der Waals surface area contributed by atoms with Gasteiger partial charge in [0, 0.05) is 18.2 Å². The smallest absolute Gasteiger partial charge is 0.328 e. The molecule has 0 fully saturated rings. The Balaban J connectivity index is 3.80. The first-order valence-corrected chi connectivity index (χ1v) is 6.50. The number of anilines is 1. The predicted molar refractivity (Wildman–Crippen MR) is 84.4 cm³/mol. The molecule has 0 atom stereocenters. The molecule has 2 amide bonds. The summed E-state index contributed by atoms with van der Waals surface area (Å²) in [5, 5.41) is 10.2. The molecule has 4 N–H and O–H groups in total. The van der Waals surface area contributed by atoms with Crippen molar-refractivity contribution in [1.82, 2.24) is 5.32 Å². The van der Waals surface area contributed by atoms with E-state index >= 15 is 0 Å². The van der Waals surface area contributed by atoms with Gasteiger partial charge in [0.15, 0.2) is 11.5 Å². The average molecular weight is 310 g/mol. The van der Waals surface area contributed by atoms with E-state index in [1.165, 1.54) is 28.4 Å². The average Bonchev–Trinajstić information content (AvgIpc) is 2.49. The molecule has 0 saturated heterocycles. The summed E-state index contributed by atoms with van der Waals surface area (Å²) >= 11 is 0. The Morgan fingerprint density at radius 3 is 1.73 bits per heavy atom. The lowest BCUT2D eigenvalue weighted by Gasteiger charge is -2.27. The van der Waals surface area contributed by atoms with Gasteiger partial charge in [0.1, 0.15) is 0 Å². The highest BCUT2D eigenvalue weighted by Gasteiger charge is 2.29. The molecule has 0 aliphatic carbocycles. The summed E-state index contributed by atoms with van der Waals surface area (Å²) in [5.41, 5.74) is 7.21. The molecule has 8 nitrogen and oxygen atoms in total. The van der Waals surface area contributed by atoms with E-state index in [0.29, 0.717) is 34.1 Å². The van der Waals surface area contributed by atoms with Crippen LogP contribution in [0.25, 0.3) is 0 Å². The van der Waals surface area contributed by atoms with Crippen LogP contribution in [0.2, 0.25) is 0 Å². The molecule has 1 rings (SSSR count). The fourth-order valence-electron chi connectivity index (χ4n) is 2.40. The van der Waals surface area contributed by atoms with Crippen LogP contribution in [0.5, 0.6) is 17.2 Å². The quantitative estimate of drug-likeness (QED) is 0.574. The number of guanidine groups is 1. The molecule has 0 heterocycles. The first-order chi connectivity index (χ1) is 10.3. The molecular weight excluding hydrogens is 288 g/mol. The lowest BCUT2D eigenvalue weighted by Crippen LogP contribution is -2.46. The van der Waals surface area contributed by atoms with E-state index in [1.807, 2.05) is 0 Å². The van der Waals surface area contributed by atoms with Crippen LogP contribution in [0.3, 0.4) is 0 Å². The molecule has 1 aromatic carbocycles. The van der Waals surface area contributed by atoms with Crippen molar-refractivity contribution in [1.29, 1.82) is 5.41 Å². The van der Waals surface area contributed by atoms with Gasteiger partial charge in [0.25, 0.3) is 0 Å². The predicted octanol–water partition coefficient (Wildman–Crippen LogP) is 1.37. The highest BCUT2D eigenvalue weighted by atomic mass is 16.5. The van der Waals surface area contributed by atoms with E-state index < -0.39 is 12.0 Å². The van der Waals surface area contributed by atoms with Crippen molar-refractivity contribution in [2.45, 2.75) is 13.8 Å². The van der Waals surface area contributed by atoms with Crippen molar-refractivity contribution < 1.29 is 19.0 Å². The second kappa shape index (κ2) is 6.88. The van der Waals surface area contributed by atoms with Crippen LogP contribution >= 0.6 is 0 Å². The molecule has 0 aliphatic rings. The van der Waals surface area contributed by atoms with Gasteiger partial charge in [0.05, 0.1) is 27.0 Å². The Bertz CT molecular complexity index is 570. The van der Waals surface area contributed by atoms with E-state index in [1.54, 1.807) is 13.8 Å². The van der Waals surface area contributed by atoms with Gasteiger partial charge >= 0.3 is 6.03 Å². The third kappa shape index (κ3) is 2.72. The van der Waals surface area contributed by atoms with Gasteiger partial charge in [-0.05, 0) is 13.8 Å². The van der Waals surface area contributed by atoms with Crippen LogP contribution in [0.15, 0.2) is 0 Å². The highest BCUT2D eigenvalue weighted by Crippen LogP contribution is 2.48. The van der Waals surface area contributed by atoms with E-state index in [2.05, 4.69) is 5.32 Å². The summed E-state index contributed by atoms with van der Waals surface area (Å²) in [6.45, 7) is 3.50. The van der Waals surface area contributed by atoms with E-state index in [0.717, 1.165) is 4.90 Å². The molecule has 0 aliphatic heterocycles. The summed E-state index contributed by atoms with van der Waals surface area (Å²) in [6.07, 6.45) is 0. The minimum Gasteiger partial charge on any atom is -0.492 e. The SMILES string of the molecule is CNC(=O)N(C(=N)N)c1c(C)c(OC)c(OC)c(OC)c1C. The van der Waals surface area contributed by atoms with Crippen LogP contribution < -0.4 is 30.2 Å². The standard InChI is InChI=1S/C14H22N4O4/c1-7-9(18(13(15)16)14(19)17-3)8(2)11(21-5)12(22-6)10(7)20-4/h1-6H3,(H3,15,16)(H,17,19). The van der Waals surface area contributed by atoms with Crippen LogP contribution in [0.4, 0.5) is 10.5 Å². The number of carbonyl (C=O) groups excluding carboxylic acids is 1. The van der Waals surface area contributed by atoms with E-state index in [4.69, 9.17) is 25.4 Å². The maximum atomic E-state index is 12.1. The van der Waals surface area contributed by atoms with Gasteiger partial charge in [-0.25, -0.2) is 9.69 Å². The first-order valence-electron chi connectivity index (χ1n) is 6.50. The topological polar surface area (TPSA) is 110 Å². The van der Waals surface area contributed by atoms with Crippen molar-refractivity contribution in [2.75, 3.05) is 33.3 Å². The van der Waals surface area contributed by atoms with Crippen LogP contribution in [-0.4, -0.2) is 40.4 Å². The van der Waals surface area contributed by atoms with Gasteiger partial charge in [-0.2, -0.15) is 0 Å².